The lowest BCUT2D eigenvalue weighted by Crippen LogP contribution is -2.26. The Morgan fingerprint density at radius 1 is 1.33 bits per heavy atom. The lowest BCUT2D eigenvalue weighted by Gasteiger charge is -2.25. The van der Waals surface area contributed by atoms with Gasteiger partial charge < -0.3 is 11.1 Å². The molecule has 0 saturated carbocycles. The first kappa shape index (κ1) is 13.9. The molecule has 0 spiro atoms. The monoisotopic (exact) mass is 293 g/mol. The molecule has 5 nitrogen and oxygen atoms in total. The molecule has 1 aromatic carbocycles. The van der Waals surface area contributed by atoms with E-state index in [1.54, 1.807) is 4.68 Å². The summed E-state index contributed by atoms with van der Waals surface area (Å²) in [6.45, 7) is 1.16. The van der Waals surface area contributed by atoms with E-state index in [4.69, 9.17) is 5.73 Å². The van der Waals surface area contributed by atoms with Gasteiger partial charge in [-0.15, -0.1) is 0 Å². The summed E-state index contributed by atoms with van der Waals surface area (Å²) in [6.07, 6.45) is 2.00. The highest BCUT2D eigenvalue weighted by molar-refractivity contribution is 5.34. The number of aryl methyl sites for hydroxylation is 1. The van der Waals surface area contributed by atoms with Gasteiger partial charge in [-0.25, -0.2) is 13.5 Å². The Hall–Kier alpha value is -2.02. The van der Waals surface area contributed by atoms with Gasteiger partial charge in [-0.05, 0) is 31.5 Å². The Bertz CT molecular complexity index is 620. The number of nitrogens with two attached hydrogens (primary N) is 1. The molecular formula is C14H17F2N5. The van der Waals surface area contributed by atoms with E-state index in [0.29, 0.717) is 37.7 Å². The van der Waals surface area contributed by atoms with Crippen LogP contribution in [0.25, 0.3) is 0 Å². The number of aromatic nitrogens is 3. The van der Waals surface area contributed by atoms with Gasteiger partial charge in [-0.3, -0.25) is 0 Å². The van der Waals surface area contributed by atoms with Gasteiger partial charge in [0.25, 0.3) is 0 Å². The second kappa shape index (κ2) is 5.77. The highest BCUT2D eigenvalue weighted by Gasteiger charge is 2.28. The standard InChI is InChI=1S/C14H17F2N5/c15-9-3-1-4-10(16)13(9)11-6-8-18-14-19-12(5-2-7-17)20-21(11)14/h1,3-4,11H,2,5-8,17H2,(H,18,19,20). The summed E-state index contributed by atoms with van der Waals surface area (Å²) in [4.78, 5) is 4.36. The molecule has 1 aromatic heterocycles. The largest absolute Gasteiger partial charge is 0.354 e. The molecule has 7 heteroatoms. The van der Waals surface area contributed by atoms with E-state index in [1.807, 2.05) is 0 Å². The number of hydrogen-bond donors (Lipinski definition) is 2. The maximum atomic E-state index is 14.0. The number of benzene rings is 1. The van der Waals surface area contributed by atoms with Crippen molar-refractivity contribution in [3.05, 3.63) is 41.2 Å². The fourth-order valence-electron chi connectivity index (χ4n) is 2.61. The summed E-state index contributed by atoms with van der Waals surface area (Å²) in [7, 11) is 0. The van der Waals surface area contributed by atoms with Crippen LogP contribution < -0.4 is 11.1 Å². The van der Waals surface area contributed by atoms with Crippen LogP contribution in [0.5, 0.6) is 0 Å². The smallest absolute Gasteiger partial charge is 0.221 e. The molecule has 1 unspecified atom stereocenters. The summed E-state index contributed by atoms with van der Waals surface area (Å²) in [5, 5.41) is 7.49. The highest BCUT2D eigenvalue weighted by Crippen LogP contribution is 2.31. The van der Waals surface area contributed by atoms with Crippen LogP contribution in [-0.2, 0) is 6.42 Å². The molecule has 3 rings (SSSR count). The minimum atomic E-state index is -0.549. The molecule has 1 aliphatic heterocycles. The van der Waals surface area contributed by atoms with Crippen molar-refractivity contribution >= 4 is 5.95 Å². The number of nitrogens with one attached hydrogen (secondary N) is 1. The Balaban J connectivity index is 1.98. The molecule has 2 heterocycles. The molecule has 2 aromatic rings. The summed E-state index contributed by atoms with van der Waals surface area (Å²) < 4.78 is 29.6. The first-order chi connectivity index (χ1) is 10.2. The number of halogens is 2. The van der Waals surface area contributed by atoms with Crippen LogP contribution in [0.15, 0.2) is 18.2 Å². The number of hydrogen-bond acceptors (Lipinski definition) is 4. The predicted molar refractivity (Wildman–Crippen MR) is 75.0 cm³/mol. The maximum absolute atomic E-state index is 14.0. The molecule has 0 fully saturated rings. The molecule has 0 amide bonds. The van der Waals surface area contributed by atoms with Crippen molar-refractivity contribution in [1.82, 2.24) is 14.8 Å². The van der Waals surface area contributed by atoms with E-state index in [-0.39, 0.29) is 5.56 Å². The van der Waals surface area contributed by atoms with Crippen molar-refractivity contribution < 1.29 is 8.78 Å². The molecule has 0 saturated heterocycles. The number of nitrogens with zero attached hydrogens (tertiary/aromatic N) is 3. The third kappa shape index (κ3) is 2.61. The van der Waals surface area contributed by atoms with Crippen LogP contribution >= 0.6 is 0 Å². The average Bonchev–Trinajstić information content (AvgIpc) is 2.88. The minimum absolute atomic E-state index is 0.0514. The Kier molecular flexibility index (Phi) is 3.83. The van der Waals surface area contributed by atoms with Crippen molar-refractivity contribution in [3.8, 4) is 0 Å². The first-order valence-corrected chi connectivity index (χ1v) is 7.04. The van der Waals surface area contributed by atoms with Crippen molar-refractivity contribution in [3.63, 3.8) is 0 Å². The SMILES string of the molecule is NCCCc1nc2n(n1)C(c1c(F)cccc1F)CCN2. The fraction of sp³-hybridized carbons (Fsp3) is 0.429. The zero-order valence-electron chi connectivity index (χ0n) is 11.5. The summed E-state index contributed by atoms with van der Waals surface area (Å²) in [5.41, 5.74) is 5.53. The van der Waals surface area contributed by atoms with Crippen molar-refractivity contribution in [2.24, 2.45) is 5.73 Å². The Labute approximate surface area is 121 Å². The van der Waals surface area contributed by atoms with Crippen LogP contribution in [0, 0.1) is 11.6 Å². The highest BCUT2D eigenvalue weighted by atomic mass is 19.1. The quantitative estimate of drug-likeness (QED) is 0.902. The van der Waals surface area contributed by atoms with Crippen LogP contribution in [-0.4, -0.2) is 27.9 Å². The number of anilines is 1. The Morgan fingerprint density at radius 3 is 2.81 bits per heavy atom. The molecule has 112 valence electrons. The van der Waals surface area contributed by atoms with E-state index in [2.05, 4.69) is 15.4 Å². The molecule has 3 N–H and O–H groups in total. The summed E-state index contributed by atoms with van der Waals surface area (Å²) >= 11 is 0. The van der Waals surface area contributed by atoms with Gasteiger partial charge in [0.05, 0.1) is 6.04 Å². The lowest BCUT2D eigenvalue weighted by molar-refractivity contribution is 0.430. The maximum Gasteiger partial charge on any atom is 0.221 e. The van der Waals surface area contributed by atoms with E-state index in [1.165, 1.54) is 18.2 Å². The third-order valence-corrected chi connectivity index (χ3v) is 3.61. The van der Waals surface area contributed by atoms with Gasteiger partial charge in [0.1, 0.15) is 11.6 Å². The van der Waals surface area contributed by atoms with Crippen molar-refractivity contribution in [2.45, 2.75) is 25.3 Å². The van der Waals surface area contributed by atoms with Crippen LogP contribution in [0.2, 0.25) is 0 Å². The zero-order valence-corrected chi connectivity index (χ0v) is 11.5. The van der Waals surface area contributed by atoms with E-state index in [0.717, 1.165) is 6.42 Å². The van der Waals surface area contributed by atoms with E-state index >= 15 is 0 Å². The second-order valence-electron chi connectivity index (χ2n) is 5.06. The zero-order chi connectivity index (χ0) is 14.8. The molecule has 0 bridgehead atoms. The van der Waals surface area contributed by atoms with E-state index < -0.39 is 17.7 Å². The number of rotatable bonds is 4. The Morgan fingerprint density at radius 2 is 2.10 bits per heavy atom. The fourth-order valence-corrected chi connectivity index (χ4v) is 2.61. The molecule has 1 atom stereocenters. The lowest BCUT2D eigenvalue weighted by atomic mass is 10.0. The average molecular weight is 293 g/mol. The molecule has 1 aliphatic rings. The van der Waals surface area contributed by atoms with Gasteiger partial charge in [0.15, 0.2) is 5.82 Å². The summed E-state index contributed by atoms with van der Waals surface area (Å²) in [6, 6.07) is 3.43. The topological polar surface area (TPSA) is 68.8 Å². The van der Waals surface area contributed by atoms with Gasteiger partial charge in [0.2, 0.25) is 5.95 Å². The van der Waals surface area contributed by atoms with Gasteiger partial charge >= 0.3 is 0 Å². The molecule has 0 radical (unpaired) electrons. The predicted octanol–water partition coefficient (Wildman–Crippen LogP) is 1.85. The normalized spacial score (nSPS) is 17.4. The van der Waals surface area contributed by atoms with E-state index in [9.17, 15) is 8.78 Å². The number of fused-ring (bicyclic) bond motifs is 1. The summed E-state index contributed by atoms with van der Waals surface area (Å²) in [5.74, 6) is 0.103. The third-order valence-electron chi connectivity index (χ3n) is 3.61. The molecule has 0 aliphatic carbocycles. The van der Waals surface area contributed by atoms with Crippen molar-refractivity contribution in [1.29, 1.82) is 0 Å². The second-order valence-corrected chi connectivity index (χ2v) is 5.06. The van der Waals surface area contributed by atoms with Crippen molar-refractivity contribution in [2.75, 3.05) is 18.4 Å². The molecular weight excluding hydrogens is 276 g/mol. The minimum Gasteiger partial charge on any atom is -0.354 e. The first-order valence-electron chi connectivity index (χ1n) is 7.04. The van der Waals surface area contributed by atoms with Crippen LogP contribution in [0.3, 0.4) is 0 Å². The van der Waals surface area contributed by atoms with Gasteiger partial charge in [-0.1, -0.05) is 6.07 Å². The van der Waals surface area contributed by atoms with Crippen LogP contribution in [0.1, 0.15) is 30.3 Å². The van der Waals surface area contributed by atoms with Crippen LogP contribution in [0.4, 0.5) is 14.7 Å². The van der Waals surface area contributed by atoms with Gasteiger partial charge in [-0.2, -0.15) is 10.1 Å². The molecule has 21 heavy (non-hydrogen) atoms. The van der Waals surface area contributed by atoms with Gasteiger partial charge in [0, 0.05) is 18.5 Å².